The van der Waals surface area contributed by atoms with Gasteiger partial charge in [0.1, 0.15) is 0 Å². The molecule has 1 amide bonds. The predicted molar refractivity (Wildman–Crippen MR) is 108 cm³/mol. The van der Waals surface area contributed by atoms with Crippen LogP contribution in [0.2, 0.25) is 5.02 Å². The summed E-state index contributed by atoms with van der Waals surface area (Å²) in [5, 5.41) is 7.13. The minimum atomic E-state index is -0.128. The molecule has 0 saturated carbocycles. The van der Waals surface area contributed by atoms with Gasteiger partial charge in [0.25, 0.3) is 5.91 Å². The van der Waals surface area contributed by atoms with Gasteiger partial charge in [-0.1, -0.05) is 30.7 Å². The van der Waals surface area contributed by atoms with Crippen molar-refractivity contribution in [2.24, 2.45) is 0 Å². The van der Waals surface area contributed by atoms with Gasteiger partial charge >= 0.3 is 0 Å². The highest BCUT2D eigenvalue weighted by molar-refractivity contribution is 6.30. The van der Waals surface area contributed by atoms with Gasteiger partial charge in [-0.25, -0.2) is 0 Å². The Morgan fingerprint density at radius 3 is 2.81 bits per heavy atom. The van der Waals surface area contributed by atoms with Crippen molar-refractivity contribution in [3.8, 4) is 0 Å². The van der Waals surface area contributed by atoms with Gasteiger partial charge < -0.3 is 10.6 Å². The number of hydrogen-bond acceptors (Lipinski definition) is 3. The molecular weight excluding hydrogens is 346 g/mol. The molecule has 138 valence electrons. The maximum atomic E-state index is 12.3. The van der Waals surface area contributed by atoms with Crippen LogP contribution in [0.1, 0.15) is 35.7 Å². The molecule has 26 heavy (non-hydrogen) atoms. The van der Waals surface area contributed by atoms with Gasteiger partial charge in [0.05, 0.1) is 0 Å². The number of likely N-dealkylation sites (tertiary alicyclic amines) is 1. The summed E-state index contributed by atoms with van der Waals surface area (Å²) in [4.78, 5) is 14.9. The molecule has 4 nitrogen and oxygen atoms in total. The Hall–Kier alpha value is -1.88. The van der Waals surface area contributed by atoms with E-state index in [0.717, 1.165) is 25.3 Å². The molecule has 1 aliphatic heterocycles. The second-order valence-electron chi connectivity index (χ2n) is 6.72. The third-order valence-electron chi connectivity index (χ3n) is 4.91. The Balaban J connectivity index is 1.53. The number of likely N-dealkylation sites (N-methyl/N-ethyl adjacent to an activating group) is 1. The maximum absolute atomic E-state index is 12.3. The van der Waals surface area contributed by atoms with Crippen molar-refractivity contribution in [3.05, 3.63) is 64.7 Å². The highest BCUT2D eigenvalue weighted by Crippen LogP contribution is 2.17. The van der Waals surface area contributed by atoms with Crippen LogP contribution in [0.5, 0.6) is 0 Å². The van der Waals surface area contributed by atoms with Crippen LogP contribution in [0.3, 0.4) is 0 Å². The van der Waals surface area contributed by atoms with Crippen LogP contribution in [0, 0.1) is 0 Å². The minimum Gasteiger partial charge on any atom is -0.322 e. The lowest BCUT2D eigenvalue weighted by molar-refractivity contribution is 0.102. The summed E-state index contributed by atoms with van der Waals surface area (Å²) in [6.45, 7) is 6.38. The molecule has 3 rings (SSSR count). The number of benzene rings is 2. The standard InChI is InChI=1S/C21H26ClN3O/c1-2-25-12-4-7-20(25)15-23-14-16-5-3-6-19(13-16)24-21(26)17-8-10-18(22)11-9-17/h3,5-6,8-11,13,20,23H,2,4,7,12,14-15H2,1H3,(H,24,26)/t20-/m1/s1. The van der Waals surface area contributed by atoms with Crippen molar-refractivity contribution >= 4 is 23.2 Å². The molecule has 2 N–H and O–H groups in total. The molecule has 5 heteroatoms. The zero-order valence-electron chi connectivity index (χ0n) is 15.2. The molecule has 1 atom stereocenters. The fraction of sp³-hybridized carbons (Fsp3) is 0.381. The largest absolute Gasteiger partial charge is 0.322 e. The molecule has 0 radical (unpaired) electrons. The molecular formula is C21H26ClN3O. The van der Waals surface area contributed by atoms with Crippen LogP contribution in [0.25, 0.3) is 0 Å². The summed E-state index contributed by atoms with van der Waals surface area (Å²) in [5.41, 5.74) is 2.57. The van der Waals surface area contributed by atoms with Crippen LogP contribution in [-0.4, -0.2) is 36.5 Å². The summed E-state index contributed by atoms with van der Waals surface area (Å²) < 4.78 is 0. The van der Waals surface area contributed by atoms with Crippen LogP contribution < -0.4 is 10.6 Å². The van der Waals surface area contributed by atoms with Crippen molar-refractivity contribution in [1.82, 2.24) is 10.2 Å². The van der Waals surface area contributed by atoms with E-state index >= 15 is 0 Å². The molecule has 1 aliphatic rings. The molecule has 0 aromatic heterocycles. The highest BCUT2D eigenvalue weighted by atomic mass is 35.5. The van der Waals surface area contributed by atoms with E-state index in [0.29, 0.717) is 16.6 Å². The molecule has 0 unspecified atom stereocenters. The fourth-order valence-corrected chi connectivity index (χ4v) is 3.62. The van der Waals surface area contributed by atoms with Crippen molar-refractivity contribution in [2.75, 3.05) is 25.0 Å². The zero-order chi connectivity index (χ0) is 18.4. The molecule has 1 fully saturated rings. The van der Waals surface area contributed by atoms with Gasteiger partial charge in [0.2, 0.25) is 0 Å². The fourth-order valence-electron chi connectivity index (χ4n) is 3.49. The summed E-state index contributed by atoms with van der Waals surface area (Å²) in [6, 6.07) is 15.5. The summed E-state index contributed by atoms with van der Waals surface area (Å²) >= 11 is 5.87. The minimum absolute atomic E-state index is 0.128. The van der Waals surface area contributed by atoms with E-state index < -0.39 is 0 Å². The average molecular weight is 372 g/mol. The molecule has 0 bridgehead atoms. The number of nitrogens with one attached hydrogen (secondary N) is 2. The number of anilines is 1. The van der Waals surface area contributed by atoms with Gasteiger partial charge in [-0.2, -0.15) is 0 Å². The van der Waals surface area contributed by atoms with Crippen molar-refractivity contribution in [3.63, 3.8) is 0 Å². The second kappa shape index (κ2) is 9.17. The van der Waals surface area contributed by atoms with E-state index in [2.05, 4.69) is 28.5 Å². The summed E-state index contributed by atoms with van der Waals surface area (Å²) in [7, 11) is 0. The average Bonchev–Trinajstić information content (AvgIpc) is 3.10. The van der Waals surface area contributed by atoms with E-state index in [9.17, 15) is 4.79 Å². The van der Waals surface area contributed by atoms with Crippen LogP contribution in [-0.2, 0) is 6.54 Å². The van der Waals surface area contributed by atoms with E-state index in [1.54, 1.807) is 24.3 Å². The van der Waals surface area contributed by atoms with Crippen molar-refractivity contribution < 1.29 is 4.79 Å². The monoisotopic (exact) mass is 371 g/mol. The first-order valence-electron chi connectivity index (χ1n) is 9.26. The molecule has 1 saturated heterocycles. The van der Waals surface area contributed by atoms with Gasteiger partial charge in [0.15, 0.2) is 0 Å². The number of hydrogen-bond donors (Lipinski definition) is 2. The van der Waals surface area contributed by atoms with Crippen molar-refractivity contribution in [1.29, 1.82) is 0 Å². The SMILES string of the molecule is CCN1CCC[C@@H]1CNCc1cccc(NC(=O)c2ccc(Cl)cc2)c1. The molecule has 1 heterocycles. The number of rotatable bonds is 7. The van der Waals surface area contributed by atoms with E-state index in [4.69, 9.17) is 11.6 Å². The van der Waals surface area contributed by atoms with Gasteiger partial charge in [-0.15, -0.1) is 0 Å². The maximum Gasteiger partial charge on any atom is 0.255 e. The number of carbonyl (C=O) groups is 1. The Bertz CT molecular complexity index is 732. The predicted octanol–water partition coefficient (Wildman–Crippen LogP) is 4.17. The van der Waals surface area contributed by atoms with Crippen molar-refractivity contribution in [2.45, 2.75) is 32.4 Å². The van der Waals surface area contributed by atoms with Gasteiger partial charge in [0, 0.05) is 35.4 Å². The van der Waals surface area contributed by atoms with E-state index in [-0.39, 0.29) is 5.91 Å². The lowest BCUT2D eigenvalue weighted by Crippen LogP contribution is -2.37. The first-order valence-corrected chi connectivity index (χ1v) is 9.64. The highest BCUT2D eigenvalue weighted by Gasteiger charge is 2.22. The lowest BCUT2D eigenvalue weighted by Gasteiger charge is -2.23. The number of nitrogens with zero attached hydrogens (tertiary/aromatic N) is 1. The molecule has 0 aliphatic carbocycles. The van der Waals surface area contributed by atoms with Crippen LogP contribution >= 0.6 is 11.6 Å². The normalized spacial score (nSPS) is 17.4. The zero-order valence-corrected chi connectivity index (χ0v) is 15.9. The third-order valence-corrected chi connectivity index (χ3v) is 5.16. The van der Waals surface area contributed by atoms with Gasteiger partial charge in [-0.05, 0) is 67.9 Å². The Labute approximate surface area is 160 Å². The van der Waals surface area contributed by atoms with Gasteiger partial charge in [-0.3, -0.25) is 9.69 Å². The molecule has 0 spiro atoms. The Morgan fingerprint density at radius 1 is 1.23 bits per heavy atom. The number of halogens is 1. The number of amides is 1. The first-order chi connectivity index (χ1) is 12.7. The number of carbonyl (C=O) groups excluding carboxylic acids is 1. The lowest BCUT2D eigenvalue weighted by atomic mass is 10.1. The molecule has 2 aromatic rings. The second-order valence-corrected chi connectivity index (χ2v) is 7.15. The van der Waals surface area contributed by atoms with E-state index in [1.165, 1.54) is 24.9 Å². The smallest absolute Gasteiger partial charge is 0.255 e. The first kappa shape index (κ1) is 18.9. The topological polar surface area (TPSA) is 44.4 Å². The van der Waals surface area contributed by atoms with Crippen LogP contribution in [0.4, 0.5) is 5.69 Å². The third kappa shape index (κ3) is 5.07. The Morgan fingerprint density at radius 2 is 2.04 bits per heavy atom. The van der Waals surface area contributed by atoms with Crippen LogP contribution in [0.15, 0.2) is 48.5 Å². The summed E-state index contributed by atoms with van der Waals surface area (Å²) in [6.07, 6.45) is 2.57. The quantitative estimate of drug-likeness (QED) is 0.767. The molecule has 2 aromatic carbocycles. The Kier molecular flexibility index (Phi) is 6.67. The van der Waals surface area contributed by atoms with E-state index in [1.807, 2.05) is 18.2 Å². The summed E-state index contributed by atoms with van der Waals surface area (Å²) in [5.74, 6) is -0.128.